The molecule has 3 N–H and O–H groups in total. The van der Waals surface area contributed by atoms with Gasteiger partial charge >= 0.3 is 6.18 Å². The molecule has 13 heteroatoms. The molecule has 3 amide bonds. The lowest BCUT2D eigenvalue weighted by molar-refractivity contribution is -0.187. The van der Waals surface area contributed by atoms with Gasteiger partial charge in [0.1, 0.15) is 30.7 Å². The number of rotatable bonds is 8. The van der Waals surface area contributed by atoms with E-state index in [1.807, 2.05) is 0 Å². The highest BCUT2D eigenvalue weighted by Gasteiger charge is 2.59. The molecule has 0 aromatic heterocycles. The molecule has 40 heavy (non-hydrogen) atoms. The Labute approximate surface area is 227 Å². The summed E-state index contributed by atoms with van der Waals surface area (Å²) in [5.41, 5.74) is 3.73. The van der Waals surface area contributed by atoms with Crippen LogP contribution in [0.1, 0.15) is 37.5 Å². The number of nitrogens with two attached hydrogens (primary N) is 1. The van der Waals surface area contributed by atoms with Gasteiger partial charge in [-0.25, -0.2) is 4.39 Å². The first-order valence-electron chi connectivity index (χ1n) is 12.3. The molecule has 1 saturated heterocycles. The highest BCUT2D eigenvalue weighted by atomic mass is 19.4. The van der Waals surface area contributed by atoms with Crippen molar-refractivity contribution < 1.29 is 41.5 Å². The van der Waals surface area contributed by atoms with Crippen LogP contribution in [0.5, 0.6) is 0 Å². The minimum absolute atomic E-state index is 0.169. The number of primary amides is 1. The number of amides is 3. The molecular weight excluding hydrogens is 536 g/mol. The number of ketones is 1. The van der Waals surface area contributed by atoms with Gasteiger partial charge in [0, 0.05) is 24.2 Å². The second-order valence-corrected chi connectivity index (χ2v) is 10.4. The molecule has 2 aromatic rings. The van der Waals surface area contributed by atoms with Crippen molar-refractivity contribution in [3.63, 3.8) is 0 Å². The zero-order valence-electron chi connectivity index (χ0n) is 22.0. The van der Waals surface area contributed by atoms with Crippen molar-refractivity contribution >= 4 is 29.2 Å². The van der Waals surface area contributed by atoms with E-state index in [4.69, 9.17) is 10.5 Å². The standard InChI is InChI=1S/C27H28F4N4O5/c1-15(27(29,30)31)35(12-16-4-6-18(28)7-5-16)22(37)13-34-14-40-26(24(34)39)20-9-8-19(10-17(20)11-21(26)36)33-25(2,3)23(32)38/h4-10,15,33H,11-14H2,1-3H3,(H2,32,38)/t15-,26+/m0/s1. The van der Waals surface area contributed by atoms with Crippen molar-refractivity contribution in [3.05, 3.63) is 65.0 Å². The van der Waals surface area contributed by atoms with Gasteiger partial charge in [-0.1, -0.05) is 18.2 Å². The minimum Gasteiger partial charge on any atom is -0.372 e. The largest absolute Gasteiger partial charge is 0.408 e. The molecule has 214 valence electrons. The number of alkyl halides is 3. The highest BCUT2D eigenvalue weighted by molar-refractivity contribution is 6.15. The SMILES string of the molecule is C[C@H](N(Cc1ccc(F)cc1)C(=O)CN1CO[C@]2(C(=O)Cc3cc(NC(C)(C)C(N)=O)ccc32)C1=O)C(F)(F)F. The number of hydrogen-bond donors (Lipinski definition) is 2. The van der Waals surface area contributed by atoms with E-state index < -0.39 is 72.5 Å². The number of benzene rings is 2. The molecular formula is C27H28F4N4O5. The summed E-state index contributed by atoms with van der Waals surface area (Å²) in [6.45, 7) is 2.23. The van der Waals surface area contributed by atoms with Gasteiger partial charge in [0.15, 0.2) is 5.78 Å². The molecule has 2 atom stereocenters. The van der Waals surface area contributed by atoms with Gasteiger partial charge in [0.05, 0.1) is 0 Å². The van der Waals surface area contributed by atoms with Crippen LogP contribution in [0, 0.1) is 5.82 Å². The summed E-state index contributed by atoms with van der Waals surface area (Å²) < 4.78 is 59.8. The number of hydrogen-bond acceptors (Lipinski definition) is 6. The van der Waals surface area contributed by atoms with E-state index in [1.165, 1.54) is 18.2 Å². The van der Waals surface area contributed by atoms with Crippen molar-refractivity contribution in [3.8, 4) is 0 Å². The van der Waals surface area contributed by atoms with Gasteiger partial charge in [-0.3, -0.25) is 19.2 Å². The summed E-state index contributed by atoms with van der Waals surface area (Å²) in [5, 5.41) is 2.96. The maximum Gasteiger partial charge on any atom is 0.408 e. The lowest BCUT2D eigenvalue weighted by Gasteiger charge is -2.32. The average molecular weight is 565 g/mol. The Hall–Kier alpha value is -4.00. The highest BCUT2D eigenvalue weighted by Crippen LogP contribution is 2.43. The molecule has 2 aliphatic rings. The van der Waals surface area contributed by atoms with Gasteiger partial charge < -0.3 is 25.6 Å². The topological polar surface area (TPSA) is 122 Å². The van der Waals surface area contributed by atoms with Crippen molar-refractivity contribution in [2.45, 2.75) is 57.1 Å². The van der Waals surface area contributed by atoms with E-state index >= 15 is 0 Å². The Kier molecular flexibility index (Phi) is 7.39. The van der Waals surface area contributed by atoms with Crippen LogP contribution in [0.15, 0.2) is 42.5 Å². The van der Waals surface area contributed by atoms with Crippen LogP contribution in [0.3, 0.4) is 0 Å². The minimum atomic E-state index is -4.77. The van der Waals surface area contributed by atoms with E-state index in [0.29, 0.717) is 16.2 Å². The lowest BCUT2D eigenvalue weighted by Crippen LogP contribution is -2.51. The quantitative estimate of drug-likeness (QED) is 0.376. The van der Waals surface area contributed by atoms with Crippen LogP contribution in [-0.2, 0) is 42.5 Å². The maximum absolute atomic E-state index is 13.6. The van der Waals surface area contributed by atoms with Crippen molar-refractivity contribution in [1.82, 2.24) is 9.80 Å². The molecule has 9 nitrogen and oxygen atoms in total. The summed E-state index contributed by atoms with van der Waals surface area (Å²) >= 11 is 0. The summed E-state index contributed by atoms with van der Waals surface area (Å²) in [6, 6.07) is 7.08. The second kappa shape index (κ2) is 10.2. The van der Waals surface area contributed by atoms with Crippen LogP contribution in [0.2, 0.25) is 0 Å². The predicted octanol–water partition coefficient (Wildman–Crippen LogP) is 2.62. The lowest BCUT2D eigenvalue weighted by atomic mass is 9.93. The van der Waals surface area contributed by atoms with E-state index in [2.05, 4.69) is 5.32 Å². The zero-order chi connectivity index (χ0) is 29.6. The first kappa shape index (κ1) is 29.0. The number of Topliss-reactive ketones (excluding diaryl/α,β-unsaturated/α-hetero) is 1. The van der Waals surface area contributed by atoms with E-state index in [9.17, 15) is 36.7 Å². The Morgan fingerprint density at radius 1 is 1.15 bits per heavy atom. The molecule has 4 rings (SSSR count). The fraction of sp³-hybridized carbons (Fsp3) is 0.407. The van der Waals surface area contributed by atoms with Gasteiger partial charge in [0.25, 0.3) is 5.91 Å². The fourth-order valence-corrected chi connectivity index (χ4v) is 4.72. The molecule has 0 bridgehead atoms. The number of nitrogens with one attached hydrogen (secondary N) is 1. The van der Waals surface area contributed by atoms with E-state index in [-0.39, 0.29) is 17.5 Å². The van der Waals surface area contributed by atoms with E-state index in [0.717, 1.165) is 24.0 Å². The smallest absolute Gasteiger partial charge is 0.372 e. The van der Waals surface area contributed by atoms with Crippen LogP contribution < -0.4 is 11.1 Å². The Morgan fingerprint density at radius 3 is 2.40 bits per heavy atom. The molecule has 0 radical (unpaired) electrons. The van der Waals surface area contributed by atoms with Crippen LogP contribution in [0.25, 0.3) is 0 Å². The molecule has 0 saturated carbocycles. The predicted molar refractivity (Wildman–Crippen MR) is 134 cm³/mol. The molecule has 1 aliphatic heterocycles. The van der Waals surface area contributed by atoms with Crippen molar-refractivity contribution in [2.75, 3.05) is 18.6 Å². The van der Waals surface area contributed by atoms with Gasteiger partial charge in [-0.05, 0) is 56.2 Å². The maximum atomic E-state index is 13.6. The number of nitrogens with zero attached hydrogens (tertiary/aromatic N) is 2. The normalized spacial score (nSPS) is 19.6. The van der Waals surface area contributed by atoms with Crippen LogP contribution >= 0.6 is 0 Å². The number of carbonyl (C=O) groups excluding carboxylic acids is 4. The first-order chi connectivity index (χ1) is 18.6. The third-order valence-corrected chi connectivity index (χ3v) is 7.18. The molecule has 1 spiro atoms. The Morgan fingerprint density at radius 2 is 1.80 bits per heavy atom. The van der Waals surface area contributed by atoms with Crippen LogP contribution in [-0.4, -0.2) is 64.3 Å². The number of fused-ring (bicyclic) bond motifs is 2. The third kappa shape index (κ3) is 5.25. The first-order valence-corrected chi connectivity index (χ1v) is 12.3. The summed E-state index contributed by atoms with van der Waals surface area (Å²) in [5.74, 6) is -3.66. The summed E-state index contributed by atoms with van der Waals surface area (Å²) in [4.78, 5) is 52.9. The van der Waals surface area contributed by atoms with Crippen molar-refractivity contribution in [2.24, 2.45) is 5.73 Å². The number of halogens is 4. The summed E-state index contributed by atoms with van der Waals surface area (Å²) in [7, 11) is 0. The monoisotopic (exact) mass is 564 g/mol. The van der Waals surface area contributed by atoms with Crippen LogP contribution in [0.4, 0.5) is 23.2 Å². The van der Waals surface area contributed by atoms with Gasteiger partial charge in [-0.2, -0.15) is 13.2 Å². The zero-order valence-corrected chi connectivity index (χ0v) is 22.0. The molecule has 1 aliphatic carbocycles. The molecule has 1 fully saturated rings. The number of ether oxygens (including phenoxy) is 1. The van der Waals surface area contributed by atoms with Crippen molar-refractivity contribution in [1.29, 1.82) is 0 Å². The second-order valence-electron chi connectivity index (χ2n) is 10.4. The number of carbonyl (C=O) groups is 4. The average Bonchev–Trinajstić information content (AvgIpc) is 3.33. The number of anilines is 1. The Bertz CT molecular complexity index is 1360. The van der Waals surface area contributed by atoms with Gasteiger partial charge in [0.2, 0.25) is 17.4 Å². The third-order valence-electron chi connectivity index (χ3n) is 7.18. The fourth-order valence-electron chi connectivity index (χ4n) is 4.72. The van der Waals surface area contributed by atoms with Gasteiger partial charge in [-0.15, -0.1) is 0 Å². The molecule has 1 heterocycles. The molecule has 2 aromatic carbocycles. The molecule has 0 unspecified atom stereocenters. The Balaban J connectivity index is 1.56. The summed E-state index contributed by atoms with van der Waals surface area (Å²) in [6.07, 6.45) is -4.94. The van der Waals surface area contributed by atoms with E-state index in [1.54, 1.807) is 26.0 Å².